The maximum atomic E-state index is 6.03. The molecular formula is C17H18ClN. The summed E-state index contributed by atoms with van der Waals surface area (Å²) in [6.45, 7) is 3.22. The molecule has 0 radical (unpaired) electrons. The van der Waals surface area contributed by atoms with Crippen molar-refractivity contribution in [1.82, 2.24) is 5.32 Å². The summed E-state index contributed by atoms with van der Waals surface area (Å²) in [5.41, 5.74) is 4.26. The Balaban J connectivity index is 1.59. The highest BCUT2D eigenvalue weighted by molar-refractivity contribution is 6.30. The van der Waals surface area contributed by atoms with Crippen LogP contribution in [0.15, 0.2) is 48.5 Å². The zero-order valence-corrected chi connectivity index (χ0v) is 11.8. The van der Waals surface area contributed by atoms with E-state index < -0.39 is 0 Å². The normalized spacial score (nSPS) is 18.5. The molecule has 0 amide bonds. The Morgan fingerprint density at radius 3 is 2.84 bits per heavy atom. The van der Waals surface area contributed by atoms with Crippen LogP contribution in [0, 0.1) is 0 Å². The van der Waals surface area contributed by atoms with Gasteiger partial charge in [0, 0.05) is 23.5 Å². The number of rotatable bonds is 4. The van der Waals surface area contributed by atoms with E-state index >= 15 is 0 Å². The lowest BCUT2D eigenvalue weighted by Gasteiger charge is -2.31. The van der Waals surface area contributed by atoms with Gasteiger partial charge in [-0.05, 0) is 42.2 Å². The third-order valence-corrected chi connectivity index (χ3v) is 4.22. The summed E-state index contributed by atoms with van der Waals surface area (Å²) in [6, 6.07) is 17.1. The van der Waals surface area contributed by atoms with E-state index in [4.69, 9.17) is 11.6 Å². The van der Waals surface area contributed by atoms with Gasteiger partial charge in [-0.2, -0.15) is 0 Å². The lowest BCUT2D eigenvalue weighted by molar-refractivity contribution is 0.489. The van der Waals surface area contributed by atoms with Crippen molar-refractivity contribution in [2.75, 3.05) is 6.54 Å². The molecule has 0 spiro atoms. The van der Waals surface area contributed by atoms with Crippen LogP contribution in [0.4, 0.5) is 0 Å². The number of hydrogen-bond donors (Lipinski definition) is 1. The molecule has 98 valence electrons. The molecule has 0 aromatic heterocycles. The second-order valence-electron chi connectivity index (χ2n) is 5.28. The topological polar surface area (TPSA) is 12.0 Å². The minimum atomic E-state index is 0.339. The molecule has 0 aliphatic heterocycles. The van der Waals surface area contributed by atoms with Crippen LogP contribution in [0.3, 0.4) is 0 Å². The van der Waals surface area contributed by atoms with E-state index in [0.29, 0.717) is 12.0 Å². The number of hydrogen-bond acceptors (Lipinski definition) is 1. The van der Waals surface area contributed by atoms with Crippen molar-refractivity contribution < 1.29 is 0 Å². The number of halogens is 1. The average Bonchev–Trinajstić information content (AvgIpc) is 2.39. The molecule has 2 aromatic rings. The number of fused-ring (bicyclic) bond motifs is 1. The molecule has 1 aliphatic carbocycles. The lowest BCUT2D eigenvalue weighted by atomic mass is 9.77. The molecule has 0 saturated heterocycles. The minimum Gasteiger partial charge on any atom is -0.310 e. The summed E-state index contributed by atoms with van der Waals surface area (Å²) in [4.78, 5) is 0. The van der Waals surface area contributed by atoms with E-state index in [-0.39, 0.29) is 0 Å². The summed E-state index contributed by atoms with van der Waals surface area (Å²) in [7, 11) is 0. The zero-order chi connectivity index (χ0) is 13.2. The molecule has 3 rings (SSSR count). The van der Waals surface area contributed by atoms with Crippen LogP contribution in [0.1, 0.15) is 35.6 Å². The van der Waals surface area contributed by atoms with Crippen molar-refractivity contribution in [1.29, 1.82) is 0 Å². The second-order valence-corrected chi connectivity index (χ2v) is 5.72. The summed E-state index contributed by atoms with van der Waals surface area (Å²) in [5.74, 6) is 0.665. The first-order valence-corrected chi connectivity index (χ1v) is 7.18. The van der Waals surface area contributed by atoms with Gasteiger partial charge in [0.15, 0.2) is 0 Å². The molecule has 1 aliphatic rings. The summed E-state index contributed by atoms with van der Waals surface area (Å²) < 4.78 is 0. The van der Waals surface area contributed by atoms with E-state index in [1.54, 1.807) is 0 Å². The second kappa shape index (κ2) is 5.36. The Bertz CT molecular complexity index is 579. The molecule has 2 heteroatoms. The molecule has 0 bridgehead atoms. The smallest absolute Gasteiger partial charge is 0.0409 e. The first-order chi connectivity index (χ1) is 9.24. The molecule has 2 atom stereocenters. The fourth-order valence-electron chi connectivity index (χ4n) is 2.76. The van der Waals surface area contributed by atoms with Gasteiger partial charge in [-0.1, -0.05) is 48.0 Å². The SMILES string of the molecule is CC(NCC1Cc2ccccc21)c1cccc(Cl)c1. The predicted molar refractivity (Wildman–Crippen MR) is 80.8 cm³/mol. The highest BCUT2D eigenvalue weighted by Crippen LogP contribution is 2.34. The highest BCUT2D eigenvalue weighted by atomic mass is 35.5. The molecule has 0 fully saturated rings. The van der Waals surface area contributed by atoms with E-state index in [0.717, 1.165) is 11.6 Å². The first kappa shape index (κ1) is 12.7. The van der Waals surface area contributed by atoms with E-state index in [1.807, 2.05) is 18.2 Å². The molecule has 0 saturated carbocycles. The molecule has 19 heavy (non-hydrogen) atoms. The van der Waals surface area contributed by atoms with Gasteiger partial charge in [-0.15, -0.1) is 0 Å². The van der Waals surface area contributed by atoms with Crippen LogP contribution in [0.2, 0.25) is 5.02 Å². The maximum Gasteiger partial charge on any atom is 0.0409 e. The van der Waals surface area contributed by atoms with E-state index in [2.05, 4.69) is 42.6 Å². The largest absolute Gasteiger partial charge is 0.310 e. The van der Waals surface area contributed by atoms with Crippen LogP contribution >= 0.6 is 11.6 Å². The molecule has 2 aromatic carbocycles. The predicted octanol–water partition coefficient (Wildman–Crippen LogP) is 4.33. The number of benzene rings is 2. The molecule has 0 heterocycles. The minimum absolute atomic E-state index is 0.339. The Kier molecular flexibility index (Phi) is 3.58. The van der Waals surface area contributed by atoms with Crippen molar-refractivity contribution in [3.63, 3.8) is 0 Å². The summed E-state index contributed by atoms with van der Waals surface area (Å²) in [5, 5.41) is 4.42. The lowest BCUT2D eigenvalue weighted by Crippen LogP contribution is -2.30. The van der Waals surface area contributed by atoms with Gasteiger partial charge in [0.05, 0.1) is 0 Å². The third kappa shape index (κ3) is 2.68. The van der Waals surface area contributed by atoms with Crippen LogP contribution in [0.25, 0.3) is 0 Å². The van der Waals surface area contributed by atoms with Crippen molar-refractivity contribution in [3.05, 3.63) is 70.2 Å². The Morgan fingerprint density at radius 2 is 2.05 bits per heavy atom. The van der Waals surface area contributed by atoms with E-state index in [1.165, 1.54) is 23.1 Å². The van der Waals surface area contributed by atoms with Crippen LogP contribution in [-0.4, -0.2) is 6.54 Å². The quantitative estimate of drug-likeness (QED) is 0.873. The van der Waals surface area contributed by atoms with Crippen molar-refractivity contribution >= 4 is 11.6 Å². The highest BCUT2D eigenvalue weighted by Gasteiger charge is 2.25. The van der Waals surface area contributed by atoms with Gasteiger partial charge < -0.3 is 5.32 Å². The Morgan fingerprint density at radius 1 is 1.21 bits per heavy atom. The average molecular weight is 272 g/mol. The van der Waals surface area contributed by atoms with Gasteiger partial charge in [0.2, 0.25) is 0 Å². The van der Waals surface area contributed by atoms with Gasteiger partial charge in [0.25, 0.3) is 0 Å². The Labute approximate surface area is 119 Å². The zero-order valence-electron chi connectivity index (χ0n) is 11.1. The molecule has 1 N–H and O–H groups in total. The van der Waals surface area contributed by atoms with E-state index in [9.17, 15) is 0 Å². The van der Waals surface area contributed by atoms with Crippen LogP contribution < -0.4 is 5.32 Å². The van der Waals surface area contributed by atoms with Crippen molar-refractivity contribution in [2.24, 2.45) is 0 Å². The number of nitrogens with one attached hydrogen (secondary N) is 1. The fourth-order valence-corrected chi connectivity index (χ4v) is 2.96. The molecule has 2 unspecified atom stereocenters. The van der Waals surface area contributed by atoms with Gasteiger partial charge in [0.1, 0.15) is 0 Å². The summed E-state index contributed by atoms with van der Waals surface area (Å²) >= 11 is 6.03. The van der Waals surface area contributed by atoms with Crippen molar-refractivity contribution in [2.45, 2.75) is 25.3 Å². The maximum absolute atomic E-state index is 6.03. The fraction of sp³-hybridized carbons (Fsp3) is 0.294. The first-order valence-electron chi connectivity index (χ1n) is 6.80. The standard InChI is InChI=1S/C17H18ClN/c1-12(13-6-4-7-16(18)10-13)19-11-15-9-14-5-2-3-8-17(14)15/h2-8,10,12,15,19H,9,11H2,1H3. The van der Waals surface area contributed by atoms with Gasteiger partial charge in [-0.3, -0.25) is 0 Å². The van der Waals surface area contributed by atoms with Crippen molar-refractivity contribution in [3.8, 4) is 0 Å². The Hall–Kier alpha value is -1.31. The van der Waals surface area contributed by atoms with Crippen LogP contribution in [-0.2, 0) is 6.42 Å². The molecule has 1 nitrogen and oxygen atoms in total. The van der Waals surface area contributed by atoms with Gasteiger partial charge in [-0.25, -0.2) is 0 Å². The van der Waals surface area contributed by atoms with Crippen LogP contribution in [0.5, 0.6) is 0 Å². The monoisotopic (exact) mass is 271 g/mol. The van der Waals surface area contributed by atoms with Gasteiger partial charge >= 0.3 is 0 Å². The third-order valence-electron chi connectivity index (χ3n) is 3.98. The summed E-state index contributed by atoms with van der Waals surface area (Å²) in [6.07, 6.45) is 1.20. The molecular weight excluding hydrogens is 254 g/mol.